The molecule has 0 fully saturated rings. The highest BCUT2D eigenvalue weighted by Crippen LogP contribution is 2.32. The second kappa shape index (κ2) is 4.46. The lowest BCUT2D eigenvalue weighted by Gasteiger charge is -2.24. The summed E-state index contributed by atoms with van der Waals surface area (Å²) in [7, 11) is 0. The van der Waals surface area contributed by atoms with Crippen molar-refractivity contribution < 1.29 is 18.3 Å². The highest BCUT2D eigenvalue weighted by molar-refractivity contribution is 6.04. The Balaban J connectivity index is 2.02. The average Bonchev–Trinajstić information content (AvgIpc) is 2.38. The maximum atomic E-state index is 13.2. The molecule has 2 aromatic rings. The maximum Gasteiger partial charge on any atom is 0.177 e. The van der Waals surface area contributed by atoms with Crippen LogP contribution in [0.2, 0.25) is 0 Å². The largest absolute Gasteiger partial charge is 0.492 e. The molecule has 0 radical (unpaired) electrons. The molecule has 4 heteroatoms. The zero-order chi connectivity index (χ0) is 13.4. The van der Waals surface area contributed by atoms with Gasteiger partial charge in [-0.15, -0.1) is 0 Å². The molecule has 0 unspecified atom stereocenters. The van der Waals surface area contributed by atoms with Crippen LogP contribution in [0, 0.1) is 11.6 Å². The molecule has 3 rings (SSSR count). The van der Waals surface area contributed by atoms with Crippen LogP contribution < -0.4 is 4.74 Å². The number of halogens is 2. The quantitative estimate of drug-likeness (QED) is 0.786. The van der Waals surface area contributed by atoms with Gasteiger partial charge in [0.1, 0.15) is 24.0 Å². The third-order valence-corrected chi connectivity index (χ3v) is 3.16. The molecule has 0 aliphatic carbocycles. The summed E-state index contributed by atoms with van der Waals surface area (Å²) >= 11 is 0. The number of Topliss-reactive ketones (excluding diaryl/α,β-unsaturated/α-hetero) is 1. The van der Waals surface area contributed by atoms with Crippen molar-refractivity contribution in [1.29, 1.82) is 0 Å². The number of benzene rings is 2. The Morgan fingerprint density at radius 3 is 2.47 bits per heavy atom. The summed E-state index contributed by atoms with van der Waals surface area (Å²) in [6.45, 7) is 0.0960. The SMILES string of the molecule is O=C1c2ccccc2OC[C@@H]1c1cc(F)cc(F)c1. The van der Waals surface area contributed by atoms with Gasteiger partial charge in [0, 0.05) is 6.07 Å². The molecule has 0 saturated carbocycles. The minimum absolute atomic E-state index is 0.0960. The molecule has 1 heterocycles. The van der Waals surface area contributed by atoms with E-state index in [0.29, 0.717) is 16.9 Å². The monoisotopic (exact) mass is 260 g/mol. The molecule has 96 valence electrons. The molecule has 0 aromatic heterocycles. The minimum atomic E-state index is -0.693. The average molecular weight is 260 g/mol. The Bertz CT molecular complexity index is 632. The Hall–Kier alpha value is -2.23. The van der Waals surface area contributed by atoms with Crippen molar-refractivity contribution in [3.63, 3.8) is 0 Å². The zero-order valence-electron chi connectivity index (χ0n) is 9.90. The molecular formula is C15H10F2O2. The van der Waals surface area contributed by atoms with Crippen LogP contribution in [0.5, 0.6) is 5.75 Å². The van der Waals surface area contributed by atoms with E-state index in [0.717, 1.165) is 6.07 Å². The second-order valence-corrected chi connectivity index (χ2v) is 4.43. The summed E-state index contributed by atoms with van der Waals surface area (Å²) in [5.41, 5.74) is 0.750. The summed E-state index contributed by atoms with van der Waals surface area (Å²) in [6, 6.07) is 9.98. The molecule has 2 aromatic carbocycles. The molecule has 0 N–H and O–H groups in total. The molecule has 1 atom stereocenters. The summed E-state index contributed by atoms with van der Waals surface area (Å²) in [4.78, 5) is 12.3. The van der Waals surface area contributed by atoms with Crippen molar-refractivity contribution in [3.05, 3.63) is 65.2 Å². The first kappa shape index (κ1) is 11.8. The second-order valence-electron chi connectivity index (χ2n) is 4.43. The molecule has 0 saturated heterocycles. The first-order valence-corrected chi connectivity index (χ1v) is 5.87. The van der Waals surface area contributed by atoms with Gasteiger partial charge in [0.05, 0.1) is 11.5 Å². The standard InChI is InChI=1S/C15H10F2O2/c16-10-5-9(6-11(17)7-10)13-8-19-14-4-2-1-3-12(14)15(13)18/h1-7,13H,8H2/t13-/m1/s1. The third-order valence-electron chi connectivity index (χ3n) is 3.16. The third kappa shape index (κ3) is 2.10. The number of rotatable bonds is 1. The van der Waals surface area contributed by atoms with Gasteiger partial charge in [0.25, 0.3) is 0 Å². The number of fused-ring (bicyclic) bond motifs is 1. The number of ether oxygens (including phenoxy) is 1. The van der Waals surface area contributed by atoms with Crippen molar-refractivity contribution in [3.8, 4) is 5.75 Å². The normalized spacial score (nSPS) is 17.8. The predicted molar refractivity (Wildman–Crippen MR) is 65.4 cm³/mol. The number of hydrogen-bond donors (Lipinski definition) is 0. The van der Waals surface area contributed by atoms with Crippen molar-refractivity contribution in [2.45, 2.75) is 5.92 Å². The summed E-state index contributed by atoms with van der Waals surface area (Å²) in [6.07, 6.45) is 0. The number of carbonyl (C=O) groups excluding carboxylic acids is 1. The fourth-order valence-electron chi connectivity index (χ4n) is 2.26. The summed E-state index contributed by atoms with van der Waals surface area (Å²) in [5.74, 6) is -1.71. The fraction of sp³-hybridized carbons (Fsp3) is 0.133. The predicted octanol–water partition coefficient (Wildman–Crippen LogP) is 3.32. The van der Waals surface area contributed by atoms with Gasteiger partial charge in [-0.3, -0.25) is 4.79 Å². The number of hydrogen-bond acceptors (Lipinski definition) is 2. The van der Waals surface area contributed by atoms with E-state index in [1.54, 1.807) is 24.3 Å². The molecule has 1 aliphatic heterocycles. The topological polar surface area (TPSA) is 26.3 Å². The lowest BCUT2D eigenvalue weighted by Crippen LogP contribution is -2.26. The van der Waals surface area contributed by atoms with Gasteiger partial charge in [-0.05, 0) is 29.8 Å². The van der Waals surface area contributed by atoms with E-state index in [1.165, 1.54) is 12.1 Å². The maximum absolute atomic E-state index is 13.2. The van der Waals surface area contributed by atoms with Crippen molar-refractivity contribution in [1.82, 2.24) is 0 Å². The van der Waals surface area contributed by atoms with E-state index in [1.807, 2.05) is 0 Å². The van der Waals surface area contributed by atoms with Crippen LogP contribution in [0.3, 0.4) is 0 Å². The fourth-order valence-corrected chi connectivity index (χ4v) is 2.26. The van der Waals surface area contributed by atoms with Crippen molar-refractivity contribution in [2.75, 3.05) is 6.61 Å². The smallest absolute Gasteiger partial charge is 0.177 e. The van der Waals surface area contributed by atoms with Gasteiger partial charge >= 0.3 is 0 Å². The first-order valence-electron chi connectivity index (χ1n) is 5.87. The molecule has 2 nitrogen and oxygen atoms in total. The van der Waals surface area contributed by atoms with Crippen LogP contribution in [0.1, 0.15) is 21.8 Å². The van der Waals surface area contributed by atoms with E-state index >= 15 is 0 Å². The number of carbonyl (C=O) groups is 1. The Kier molecular flexibility index (Phi) is 2.78. The number of ketones is 1. The lowest BCUT2D eigenvalue weighted by atomic mass is 9.89. The van der Waals surface area contributed by atoms with Crippen LogP contribution in [0.15, 0.2) is 42.5 Å². The minimum Gasteiger partial charge on any atom is -0.492 e. The molecule has 0 bridgehead atoms. The van der Waals surface area contributed by atoms with Crippen molar-refractivity contribution >= 4 is 5.78 Å². The molecular weight excluding hydrogens is 250 g/mol. The van der Waals surface area contributed by atoms with E-state index in [2.05, 4.69) is 0 Å². The number of para-hydroxylation sites is 1. The van der Waals surface area contributed by atoms with Crippen LogP contribution in [-0.4, -0.2) is 12.4 Å². The van der Waals surface area contributed by atoms with Gasteiger partial charge in [-0.25, -0.2) is 8.78 Å². The first-order chi connectivity index (χ1) is 9.15. The zero-order valence-corrected chi connectivity index (χ0v) is 9.90. The summed E-state index contributed by atoms with van der Waals surface area (Å²) in [5, 5.41) is 0. The van der Waals surface area contributed by atoms with E-state index in [4.69, 9.17) is 4.74 Å². The van der Waals surface area contributed by atoms with Gasteiger partial charge < -0.3 is 4.74 Å². The van der Waals surface area contributed by atoms with E-state index in [-0.39, 0.29) is 12.4 Å². The molecule has 19 heavy (non-hydrogen) atoms. The summed E-state index contributed by atoms with van der Waals surface area (Å²) < 4.78 is 31.9. The van der Waals surface area contributed by atoms with E-state index in [9.17, 15) is 13.6 Å². The Morgan fingerprint density at radius 2 is 1.74 bits per heavy atom. The highest BCUT2D eigenvalue weighted by atomic mass is 19.1. The molecule has 0 spiro atoms. The molecule has 0 amide bonds. The van der Waals surface area contributed by atoms with Crippen LogP contribution in [-0.2, 0) is 0 Å². The van der Waals surface area contributed by atoms with Gasteiger partial charge in [-0.2, -0.15) is 0 Å². The molecule has 1 aliphatic rings. The lowest BCUT2D eigenvalue weighted by molar-refractivity contribution is 0.0896. The Morgan fingerprint density at radius 1 is 1.05 bits per heavy atom. The highest BCUT2D eigenvalue weighted by Gasteiger charge is 2.30. The van der Waals surface area contributed by atoms with Gasteiger partial charge in [0.2, 0.25) is 0 Å². The van der Waals surface area contributed by atoms with Crippen LogP contribution in [0.25, 0.3) is 0 Å². The van der Waals surface area contributed by atoms with Gasteiger partial charge in [-0.1, -0.05) is 12.1 Å². The van der Waals surface area contributed by atoms with Crippen molar-refractivity contribution in [2.24, 2.45) is 0 Å². The van der Waals surface area contributed by atoms with Crippen LogP contribution >= 0.6 is 0 Å². The Labute approximate surface area is 108 Å². The van der Waals surface area contributed by atoms with E-state index < -0.39 is 17.6 Å². The van der Waals surface area contributed by atoms with Crippen LogP contribution in [0.4, 0.5) is 8.78 Å². The van der Waals surface area contributed by atoms with Gasteiger partial charge in [0.15, 0.2) is 5.78 Å².